The Balaban J connectivity index is 1.70. The molecule has 0 bridgehead atoms. The van der Waals surface area contributed by atoms with Crippen molar-refractivity contribution in [1.29, 1.82) is 0 Å². The molecule has 2 aliphatic heterocycles. The Morgan fingerprint density at radius 2 is 1.95 bits per heavy atom. The van der Waals surface area contributed by atoms with Crippen LogP contribution in [0.25, 0.3) is 0 Å². The molecule has 19 heavy (non-hydrogen) atoms. The predicted molar refractivity (Wildman–Crippen MR) is 68.2 cm³/mol. The van der Waals surface area contributed by atoms with Crippen molar-refractivity contribution in [2.75, 3.05) is 6.54 Å². The lowest BCUT2D eigenvalue weighted by atomic mass is 9.94. The SMILES string of the molecule is O=C1CC[C@H](C(=O)N2CCCC2C2CCCC2=O)N1. The van der Waals surface area contributed by atoms with Gasteiger partial charge in [0.2, 0.25) is 11.8 Å². The normalized spacial score (nSPS) is 34.9. The van der Waals surface area contributed by atoms with Gasteiger partial charge in [-0.15, -0.1) is 0 Å². The number of rotatable bonds is 2. The van der Waals surface area contributed by atoms with E-state index in [1.165, 1.54) is 0 Å². The number of carbonyl (C=O) groups excluding carboxylic acids is 3. The molecule has 0 aromatic carbocycles. The van der Waals surface area contributed by atoms with Gasteiger partial charge in [0.1, 0.15) is 11.8 Å². The Kier molecular flexibility index (Phi) is 3.29. The van der Waals surface area contributed by atoms with E-state index in [9.17, 15) is 14.4 Å². The van der Waals surface area contributed by atoms with E-state index in [-0.39, 0.29) is 29.8 Å². The van der Waals surface area contributed by atoms with Crippen molar-refractivity contribution in [3.8, 4) is 0 Å². The first-order chi connectivity index (χ1) is 9.16. The smallest absolute Gasteiger partial charge is 0.245 e. The van der Waals surface area contributed by atoms with Gasteiger partial charge in [0, 0.05) is 31.3 Å². The summed E-state index contributed by atoms with van der Waals surface area (Å²) in [5.74, 6) is 0.350. The topological polar surface area (TPSA) is 66.5 Å². The maximum atomic E-state index is 12.5. The maximum absolute atomic E-state index is 12.5. The number of amides is 2. The highest BCUT2D eigenvalue weighted by Crippen LogP contribution is 2.34. The van der Waals surface area contributed by atoms with Gasteiger partial charge < -0.3 is 10.2 Å². The van der Waals surface area contributed by atoms with Gasteiger partial charge in [0.05, 0.1) is 0 Å². The molecular weight excluding hydrogens is 244 g/mol. The lowest BCUT2D eigenvalue weighted by Crippen LogP contribution is -2.49. The average molecular weight is 264 g/mol. The third-order valence-corrected chi connectivity index (χ3v) is 4.69. The Labute approximate surface area is 112 Å². The van der Waals surface area contributed by atoms with Crippen molar-refractivity contribution in [3.63, 3.8) is 0 Å². The second-order valence-electron chi connectivity index (χ2n) is 5.87. The second kappa shape index (κ2) is 4.94. The highest BCUT2D eigenvalue weighted by Gasteiger charge is 2.42. The van der Waals surface area contributed by atoms with Crippen molar-refractivity contribution in [2.24, 2.45) is 5.92 Å². The highest BCUT2D eigenvalue weighted by molar-refractivity contribution is 5.92. The molecule has 0 aromatic heterocycles. The third kappa shape index (κ3) is 2.26. The lowest BCUT2D eigenvalue weighted by molar-refractivity contribution is -0.137. The van der Waals surface area contributed by atoms with E-state index < -0.39 is 0 Å². The predicted octanol–water partition coefficient (Wildman–Crippen LogP) is 0.625. The number of hydrogen-bond acceptors (Lipinski definition) is 3. The molecule has 0 aromatic rings. The molecule has 3 aliphatic rings. The van der Waals surface area contributed by atoms with Crippen LogP contribution in [0, 0.1) is 5.92 Å². The van der Waals surface area contributed by atoms with Gasteiger partial charge in [-0.25, -0.2) is 0 Å². The molecule has 1 saturated carbocycles. The summed E-state index contributed by atoms with van der Waals surface area (Å²) in [6, 6.07) is -0.274. The van der Waals surface area contributed by atoms with Crippen LogP contribution in [0.3, 0.4) is 0 Å². The molecule has 5 heteroatoms. The first-order valence-corrected chi connectivity index (χ1v) is 7.29. The monoisotopic (exact) mass is 264 g/mol. The molecule has 2 heterocycles. The number of carbonyl (C=O) groups is 3. The molecule has 1 N–H and O–H groups in total. The van der Waals surface area contributed by atoms with Crippen LogP contribution in [0.15, 0.2) is 0 Å². The second-order valence-corrected chi connectivity index (χ2v) is 5.87. The summed E-state index contributed by atoms with van der Waals surface area (Å²) < 4.78 is 0. The van der Waals surface area contributed by atoms with Gasteiger partial charge in [-0.05, 0) is 32.1 Å². The van der Waals surface area contributed by atoms with Gasteiger partial charge >= 0.3 is 0 Å². The Morgan fingerprint density at radius 3 is 2.58 bits per heavy atom. The van der Waals surface area contributed by atoms with Crippen LogP contribution in [-0.4, -0.2) is 41.1 Å². The molecular formula is C14H20N2O3. The van der Waals surface area contributed by atoms with Crippen molar-refractivity contribution in [2.45, 2.75) is 57.0 Å². The molecule has 0 radical (unpaired) electrons. The van der Waals surface area contributed by atoms with Crippen LogP contribution in [-0.2, 0) is 14.4 Å². The lowest BCUT2D eigenvalue weighted by Gasteiger charge is -2.30. The number of Topliss-reactive ketones (excluding diaryl/α,β-unsaturated/α-hetero) is 1. The van der Waals surface area contributed by atoms with Crippen molar-refractivity contribution in [3.05, 3.63) is 0 Å². The number of nitrogens with one attached hydrogen (secondary N) is 1. The molecule has 2 saturated heterocycles. The van der Waals surface area contributed by atoms with Crippen LogP contribution in [0.5, 0.6) is 0 Å². The van der Waals surface area contributed by atoms with E-state index in [0.29, 0.717) is 25.0 Å². The minimum Gasteiger partial charge on any atom is -0.344 e. The summed E-state index contributed by atoms with van der Waals surface area (Å²) in [5.41, 5.74) is 0. The summed E-state index contributed by atoms with van der Waals surface area (Å²) in [5, 5.41) is 2.74. The van der Waals surface area contributed by atoms with Crippen molar-refractivity contribution >= 4 is 17.6 Å². The fraction of sp³-hybridized carbons (Fsp3) is 0.786. The summed E-state index contributed by atoms with van der Waals surface area (Å²) in [6.45, 7) is 0.736. The zero-order valence-electron chi connectivity index (χ0n) is 11.1. The average Bonchev–Trinajstić information content (AvgIpc) is 3.07. The van der Waals surface area contributed by atoms with Gasteiger partial charge in [0.25, 0.3) is 0 Å². The van der Waals surface area contributed by atoms with E-state index in [1.54, 1.807) is 0 Å². The van der Waals surface area contributed by atoms with E-state index in [4.69, 9.17) is 0 Å². The van der Waals surface area contributed by atoms with Crippen LogP contribution in [0.4, 0.5) is 0 Å². The largest absolute Gasteiger partial charge is 0.344 e. The van der Waals surface area contributed by atoms with Crippen molar-refractivity contribution < 1.29 is 14.4 Å². The first-order valence-electron chi connectivity index (χ1n) is 7.29. The summed E-state index contributed by atoms with van der Waals surface area (Å²) >= 11 is 0. The number of likely N-dealkylation sites (tertiary alicyclic amines) is 1. The Hall–Kier alpha value is -1.39. The standard InChI is InChI=1S/C14H20N2O3/c17-12-5-1-3-9(12)11-4-2-8-16(11)14(19)10-6-7-13(18)15-10/h9-11H,1-8H2,(H,15,18)/t9?,10-,11?/m1/s1. The molecule has 104 valence electrons. The number of ketones is 1. The minimum absolute atomic E-state index is 0.0213. The molecule has 5 nitrogen and oxygen atoms in total. The first kappa shape index (κ1) is 12.6. The minimum atomic E-state index is -0.357. The number of hydrogen-bond donors (Lipinski definition) is 1. The van der Waals surface area contributed by atoms with Gasteiger partial charge in [-0.2, -0.15) is 0 Å². The van der Waals surface area contributed by atoms with Gasteiger partial charge in [-0.1, -0.05) is 0 Å². The Bertz CT molecular complexity index is 421. The summed E-state index contributed by atoms with van der Waals surface area (Å²) in [4.78, 5) is 37.5. The zero-order valence-corrected chi connectivity index (χ0v) is 11.1. The highest BCUT2D eigenvalue weighted by atomic mass is 16.2. The van der Waals surface area contributed by atoms with Crippen LogP contribution in [0.2, 0.25) is 0 Å². The van der Waals surface area contributed by atoms with E-state index in [2.05, 4.69) is 5.32 Å². The molecule has 1 aliphatic carbocycles. The maximum Gasteiger partial charge on any atom is 0.245 e. The van der Waals surface area contributed by atoms with Crippen molar-refractivity contribution in [1.82, 2.24) is 10.2 Å². The summed E-state index contributed by atoms with van der Waals surface area (Å²) in [6.07, 6.45) is 5.50. The molecule has 0 spiro atoms. The quantitative estimate of drug-likeness (QED) is 0.795. The molecule has 3 fully saturated rings. The summed E-state index contributed by atoms with van der Waals surface area (Å²) in [7, 11) is 0. The number of nitrogens with zero attached hydrogens (tertiary/aromatic N) is 1. The van der Waals surface area contributed by atoms with Crippen LogP contribution < -0.4 is 5.32 Å². The fourth-order valence-corrected chi connectivity index (χ4v) is 3.73. The molecule has 2 unspecified atom stereocenters. The molecule has 2 amide bonds. The zero-order chi connectivity index (χ0) is 13.4. The van der Waals surface area contributed by atoms with Gasteiger partial charge in [0.15, 0.2) is 0 Å². The molecule has 3 rings (SSSR count). The Morgan fingerprint density at radius 1 is 1.11 bits per heavy atom. The third-order valence-electron chi connectivity index (χ3n) is 4.69. The van der Waals surface area contributed by atoms with E-state index in [0.717, 1.165) is 32.2 Å². The van der Waals surface area contributed by atoms with Crippen LogP contribution in [0.1, 0.15) is 44.9 Å². The van der Waals surface area contributed by atoms with E-state index >= 15 is 0 Å². The van der Waals surface area contributed by atoms with E-state index in [1.807, 2.05) is 4.90 Å². The van der Waals surface area contributed by atoms with Gasteiger partial charge in [-0.3, -0.25) is 14.4 Å². The fourth-order valence-electron chi connectivity index (χ4n) is 3.73. The van der Waals surface area contributed by atoms with Crippen LogP contribution >= 0.6 is 0 Å². The molecule has 3 atom stereocenters.